The third kappa shape index (κ3) is 3.71. The van der Waals surface area contributed by atoms with Crippen LogP contribution in [0.15, 0.2) is 18.2 Å². The quantitative estimate of drug-likeness (QED) is 0.896. The van der Waals surface area contributed by atoms with Crippen molar-refractivity contribution in [3.8, 4) is 0 Å². The van der Waals surface area contributed by atoms with Crippen molar-refractivity contribution in [3.05, 3.63) is 23.9 Å². The lowest BCUT2D eigenvalue weighted by Gasteiger charge is -2.31. The summed E-state index contributed by atoms with van der Waals surface area (Å²) in [5.41, 5.74) is 0.541. The second-order valence-corrected chi connectivity index (χ2v) is 5.54. The maximum absolute atomic E-state index is 12.5. The van der Waals surface area contributed by atoms with Crippen molar-refractivity contribution in [2.75, 3.05) is 18.9 Å². The van der Waals surface area contributed by atoms with Crippen LogP contribution in [0.2, 0.25) is 0 Å². The van der Waals surface area contributed by atoms with Crippen LogP contribution in [0.3, 0.4) is 0 Å². The minimum atomic E-state index is 0.0389. The molecule has 1 heterocycles. The highest BCUT2D eigenvalue weighted by Crippen LogP contribution is 2.22. The van der Waals surface area contributed by atoms with E-state index in [-0.39, 0.29) is 5.91 Å². The van der Waals surface area contributed by atoms with Gasteiger partial charge in [0.15, 0.2) is 0 Å². The third-order valence-corrected chi connectivity index (χ3v) is 3.97. The molecule has 0 aliphatic heterocycles. The lowest BCUT2D eigenvalue weighted by Crippen LogP contribution is -2.38. The lowest BCUT2D eigenvalue weighted by atomic mass is 9.94. The van der Waals surface area contributed by atoms with E-state index in [1.807, 2.05) is 24.1 Å². The van der Waals surface area contributed by atoms with Crippen LogP contribution in [0.1, 0.15) is 55.9 Å². The second kappa shape index (κ2) is 7.27. The Bertz CT molecular complexity index is 441. The molecular formula is C16H25N3O. The average Bonchev–Trinajstić information content (AvgIpc) is 2.52. The standard InChI is InChI=1S/C16H25N3O/c1-3-12-17-15-11-7-10-14(18-15)16(20)19(2)13-8-5-4-6-9-13/h7,10-11,13H,3-6,8-9,12H2,1-2H3,(H,17,18). The molecule has 0 saturated heterocycles. The fraction of sp³-hybridized carbons (Fsp3) is 0.625. The molecule has 1 aromatic heterocycles. The molecule has 1 N–H and O–H groups in total. The zero-order valence-corrected chi connectivity index (χ0v) is 12.6. The van der Waals surface area contributed by atoms with E-state index in [2.05, 4.69) is 17.2 Å². The largest absolute Gasteiger partial charge is 0.370 e. The van der Waals surface area contributed by atoms with E-state index in [1.165, 1.54) is 19.3 Å². The van der Waals surface area contributed by atoms with Crippen LogP contribution < -0.4 is 5.32 Å². The first-order valence-corrected chi connectivity index (χ1v) is 7.70. The minimum absolute atomic E-state index is 0.0389. The lowest BCUT2D eigenvalue weighted by molar-refractivity contribution is 0.0690. The van der Waals surface area contributed by atoms with Gasteiger partial charge in [-0.05, 0) is 31.4 Å². The summed E-state index contributed by atoms with van der Waals surface area (Å²) in [4.78, 5) is 18.8. The van der Waals surface area contributed by atoms with Gasteiger partial charge in [-0.15, -0.1) is 0 Å². The summed E-state index contributed by atoms with van der Waals surface area (Å²) in [6, 6.07) is 5.99. The van der Waals surface area contributed by atoms with E-state index in [1.54, 1.807) is 6.07 Å². The average molecular weight is 275 g/mol. The van der Waals surface area contributed by atoms with Crippen molar-refractivity contribution in [1.29, 1.82) is 0 Å². The molecule has 0 unspecified atom stereocenters. The molecule has 0 spiro atoms. The molecule has 4 nitrogen and oxygen atoms in total. The molecule has 4 heteroatoms. The molecule has 0 bridgehead atoms. The predicted molar refractivity (Wildman–Crippen MR) is 82.0 cm³/mol. The number of carbonyl (C=O) groups excluding carboxylic acids is 1. The Morgan fingerprint density at radius 3 is 2.80 bits per heavy atom. The van der Waals surface area contributed by atoms with Gasteiger partial charge in [-0.25, -0.2) is 4.98 Å². The van der Waals surface area contributed by atoms with Crippen LogP contribution in [-0.4, -0.2) is 35.4 Å². The molecule has 1 aliphatic carbocycles. The van der Waals surface area contributed by atoms with Crippen molar-refractivity contribution < 1.29 is 4.79 Å². The Kier molecular flexibility index (Phi) is 5.39. The van der Waals surface area contributed by atoms with Crippen molar-refractivity contribution in [1.82, 2.24) is 9.88 Å². The van der Waals surface area contributed by atoms with Crippen LogP contribution in [0.4, 0.5) is 5.82 Å². The van der Waals surface area contributed by atoms with Crippen molar-refractivity contribution in [2.45, 2.75) is 51.5 Å². The van der Waals surface area contributed by atoms with Crippen LogP contribution in [0.25, 0.3) is 0 Å². The summed E-state index contributed by atoms with van der Waals surface area (Å²) in [6.07, 6.45) is 7.04. The number of anilines is 1. The Balaban J connectivity index is 2.03. The van der Waals surface area contributed by atoms with Gasteiger partial charge in [-0.2, -0.15) is 0 Å². The van der Waals surface area contributed by atoms with Crippen molar-refractivity contribution >= 4 is 11.7 Å². The smallest absolute Gasteiger partial charge is 0.272 e. The van der Waals surface area contributed by atoms with Gasteiger partial charge in [-0.3, -0.25) is 4.79 Å². The first-order chi connectivity index (χ1) is 9.72. The summed E-state index contributed by atoms with van der Waals surface area (Å²) in [5, 5.41) is 3.23. The number of amides is 1. The molecule has 1 fully saturated rings. The first-order valence-electron chi connectivity index (χ1n) is 7.70. The summed E-state index contributed by atoms with van der Waals surface area (Å²) in [5.74, 6) is 0.826. The number of rotatable bonds is 5. The van der Waals surface area contributed by atoms with Gasteiger partial charge in [0.05, 0.1) is 0 Å². The molecule has 2 rings (SSSR count). The van der Waals surface area contributed by atoms with Gasteiger partial charge in [-0.1, -0.05) is 32.3 Å². The molecule has 0 radical (unpaired) electrons. The Labute approximate surface area is 121 Å². The molecule has 1 aliphatic rings. The second-order valence-electron chi connectivity index (χ2n) is 5.54. The molecular weight excluding hydrogens is 250 g/mol. The van der Waals surface area contributed by atoms with Gasteiger partial charge in [0.25, 0.3) is 5.91 Å². The number of pyridine rings is 1. The number of hydrogen-bond acceptors (Lipinski definition) is 3. The van der Waals surface area contributed by atoms with Gasteiger partial charge in [0.1, 0.15) is 11.5 Å². The van der Waals surface area contributed by atoms with Gasteiger partial charge >= 0.3 is 0 Å². The van der Waals surface area contributed by atoms with E-state index in [0.717, 1.165) is 31.6 Å². The zero-order valence-electron chi connectivity index (χ0n) is 12.6. The highest BCUT2D eigenvalue weighted by Gasteiger charge is 2.23. The number of hydrogen-bond donors (Lipinski definition) is 1. The van der Waals surface area contributed by atoms with Gasteiger partial charge < -0.3 is 10.2 Å². The summed E-state index contributed by atoms with van der Waals surface area (Å²) in [7, 11) is 1.91. The number of nitrogens with zero attached hydrogens (tertiary/aromatic N) is 2. The number of nitrogens with one attached hydrogen (secondary N) is 1. The normalized spacial score (nSPS) is 15.9. The Hall–Kier alpha value is -1.58. The monoisotopic (exact) mass is 275 g/mol. The van der Waals surface area contributed by atoms with Crippen LogP contribution in [-0.2, 0) is 0 Å². The number of aromatic nitrogens is 1. The summed E-state index contributed by atoms with van der Waals surface area (Å²) in [6.45, 7) is 2.99. The first kappa shape index (κ1) is 14.8. The van der Waals surface area contributed by atoms with Gasteiger partial charge in [0, 0.05) is 19.6 Å². The SMILES string of the molecule is CCCNc1cccc(C(=O)N(C)C2CCCCC2)n1. The molecule has 1 amide bonds. The van der Waals surface area contributed by atoms with Crippen molar-refractivity contribution in [2.24, 2.45) is 0 Å². The van der Waals surface area contributed by atoms with E-state index >= 15 is 0 Å². The Morgan fingerprint density at radius 1 is 1.35 bits per heavy atom. The minimum Gasteiger partial charge on any atom is -0.370 e. The van der Waals surface area contributed by atoms with Crippen LogP contribution in [0.5, 0.6) is 0 Å². The molecule has 0 aromatic carbocycles. The van der Waals surface area contributed by atoms with Gasteiger partial charge in [0.2, 0.25) is 0 Å². The summed E-state index contributed by atoms with van der Waals surface area (Å²) < 4.78 is 0. The summed E-state index contributed by atoms with van der Waals surface area (Å²) >= 11 is 0. The van der Waals surface area contributed by atoms with Crippen molar-refractivity contribution in [3.63, 3.8) is 0 Å². The highest BCUT2D eigenvalue weighted by molar-refractivity contribution is 5.92. The van der Waals surface area contributed by atoms with E-state index in [4.69, 9.17) is 0 Å². The third-order valence-electron chi connectivity index (χ3n) is 3.97. The topological polar surface area (TPSA) is 45.2 Å². The fourth-order valence-corrected chi connectivity index (χ4v) is 2.72. The molecule has 110 valence electrons. The fourth-order valence-electron chi connectivity index (χ4n) is 2.72. The molecule has 0 atom stereocenters. The predicted octanol–water partition coefficient (Wildman–Crippen LogP) is 3.31. The van der Waals surface area contributed by atoms with E-state index < -0.39 is 0 Å². The number of carbonyl (C=O) groups is 1. The zero-order chi connectivity index (χ0) is 14.4. The highest BCUT2D eigenvalue weighted by atomic mass is 16.2. The maximum atomic E-state index is 12.5. The molecule has 1 saturated carbocycles. The Morgan fingerprint density at radius 2 is 2.10 bits per heavy atom. The van der Waals surface area contributed by atoms with E-state index in [9.17, 15) is 4.79 Å². The maximum Gasteiger partial charge on any atom is 0.272 e. The molecule has 20 heavy (non-hydrogen) atoms. The molecule has 1 aromatic rings. The van der Waals surface area contributed by atoms with Crippen LogP contribution in [0, 0.1) is 0 Å². The van der Waals surface area contributed by atoms with Crippen LogP contribution >= 0.6 is 0 Å². The van der Waals surface area contributed by atoms with E-state index in [0.29, 0.717) is 11.7 Å².